The van der Waals surface area contributed by atoms with Gasteiger partial charge in [-0.25, -0.2) is 0 Å². The lowest BCUT2D eigenvalue weighted by Crippen LogP contribution is -2.32. The number of rotatable bonds is 8. The van der Waals surface area contributed by atoms with Crippen molar-refractivity contribution < 1.29 is 0 Å². The Kier molecular flexibility index (Phi) is 6.77. The van der Waals surface area contributed by atoms with Gasteiger partial charge >= 0.3 is 0 Å². The Balaban J connectivity index is 2.31. The molecule has 0 fully saturated rings. The van der Waals surface area contributed by atoms with Crippen LogP contribution in [-0.2, 0) is 6.42 Å². The fourth-order valence-electron chi connectivity index (χ4n) is 1.73. The van der Waals surface area contributed by atoms with Gasteiger partial charge in [0.05, 0.1) is 0 Å². The molecule has 0 radical (unpaired) electrons. The van der Waals surface area contributed by atoms with E-state index in [4.69, 9.17) is 5.73 Å². The second-order valence-corrected chi connectivity index (χ2v) is 4.10. The third-order valence-corrected chi connectivity index (χ3v) is 2.71. The molecular formula is C13H23N3. The first kappa shape index (κ1) is 13.1. The molecule has 0 saturated heterocycles. The fraction of sp³-hybridized carbons (Fsp3) is 0.615. The highest BCUT2D eigenvalue weighted by Gasteiger charge is 2.03. The molecule has 16 heavy (non-hydrogen) atoms. The van der Waals surface area contributed by atoms with Gasteiger partial charge in [0, 0.05) is 32.0 Å². The zero-order chi connectivity index (χ0) is 11.6. The Labute approximate surface area is 98.7 Å². The van der Waals surface area contributed by atoms with E-state index < -0.39 is 0 Å². The number of hydrogen-bond acceptors (Lipinski definition) is 3. The van der Waals surface area contributed by atoms with Crippen LogP contribution in [0.5, 0.6) is 0 Å². The van der Waals surface area contributed by atoms with Crippen LogP contribution in [0.1, 0.15) is 25.3 Å². The van der Waals surface area contributed by atoms with Crippen molar-refractivity contribution in [3.63, 3.8) is 0 Å². The maximum absolute atomic E-state index is 5.62. The minimum absolute atomic E-state index is 0.747. The van der Waals surface area contributed by atoms with Gasteiger partial charge < -0.3 is 10.6 Å². The van der Waals surface area contributed by atoms with Crippen molar-refractivity contribution in [2.45, 2.75) is 26.2 Å². The Bertz CT molecular complexity index is 261. The van der Waals surface area contributed by atoms with E-state index in [1.165, 1.54) is 18.4 Å². The number of nitrogens with two attached hydrogens (primary N) is 1. The van der Waals surface area contributed by atoms with Crippen LogP contribution >= 0.6 is 0 Å². The standard InChI is InChI=1S/C13H23N3/c1-2-3-9-16(11-7-14)10-6-13-5-4-8-15-12-13/h4-5,8,12H,2-3,6-7,9-11,14H2,1H3. The second kappa shape index (κ2) is 8.25. The van der Waals surface area contributed by atoms with Gasteiger partial charge in [-0.05, 0) is 31.0 Å². The molecule has 0 amide bonds. The van der Waals surface area contributed by atoms with Gasteiger partial charge in [-0.3, -0.25) is 4.98 Å². The molecule has 0 unspecified atom stereocenters. The van der Waals surface area contributed by atoms with Crippen LogP contribution in [0.3, 0.4) is 0 Å². The predicted molar refractivity (Wildman–Crippen MR) is 68.3 cm³/mol. The van der Waals surface area contributed by atoms with Crippen molar-refractivity contribution in [2.24, 2.45) is 5.73 Å². The number of aromatic nitrogens is 1. The van der Waals surface area contributed by atoms with Gasteiger partial charge in [0.1, 0.15) is 0 Å². The lowest BCUT2D eigenvalue weighted by atomic mass is 10.2. The summed E-state index contributed by atoms with van der Waals surface area (Å²) in [5, 5.41) is 0. The third kappa shape index (κ3) is 5.24. The van der Waals surface area contributed by atoms with Crippen LogP contribution in [0.15, 0.2) is 24.5 Å². The Hall–Kier alpha value is -0.930. The molecule has 0 saturated carbocycles. The molecule has 0 spiro atoms. The molecule has 90 valence electrons. The topological polar surface area (TPSA) is 42.1 Å². The Morgan fingerprint density at radius 3 is 2.81 bits per heavy atom. The van der Waals surface area contributed by atoms with E-state index in [0.29, 0.717) is 0 Å². The third-order valence-electron chi connectivity index (χ3n) is 2.71. The summed E-state index contributed by atoms with van der Waals surface area (Å²) in [6, 6.07) is 4.13. The largest absolute Gasteiger partial charge is 0.329 e. The summed E-state index contributed by atoms with van der Waals surface area (Å²) in [4.78, 5) is 6.57. The van der Waals surface area contributed by atoms with E-state index in [0.717, 1.165) is 32.6 Å². The van der Waals surface area contributed by atoms with Crippen molar-refractivity contribution in [3.05, 3.63) is 30.1 Å². The van der Waals surface area contributed by atoms with Crippen LogP contribution in [0.2, 0.25) is 0 Å². The van der Waals surface area contributed by atoms with E-state index in [1.54, 1.807) is 0 Å². The fourth-order valence-corrected chi connectivity index (χ4v) is 1.73. The van der Waals surface area contributed by atoms with Crippen molar-refractivity contribution in [3.8, 4) is 0 Å². The lowest BCUT2D eigenvalue weighted by molar-refractivity contribution is 0.280. The molecule has 0 aromatic carbocycles. The van der Waals surface area contributed by atoms with Crippen molar-refractivity contribution >= 4 is 0 Å². The highest BCUT2D eigenvalue weighted by molar-refractivity contribution is 5.08. The minimum Gasteiger partial charge on any atom is -0.329 e. The molecule has 1 heterocycles. The first-order valence-electron chi connectivity index (χ1n) is 6.18. The molecule has 3 nitrogen and oxygen atoms in total. The van der Waals surface area contributed by atoms with Crippen LogP contribution in [-0.4, -0.2) is 36.1 Å². The summed E-state index contributed by atoms with van der Waals surface area (Å²) in [6.07, 6.45) is 7.33. The van der Waals surface area contributed by atoms with Crippen molar-refractivity contribution in [1.29, 1.82) is 0 Å². The molecule has 1 aromatic rings. The van der Waals surface area contributed by atoms with Gasteiger partial charge in [-0.1, -0.05) is 19.4 Å². The monoisotopic (exact) mass is 221 g/mol. The Morgan fingerprint density at radius 1 is 1.31 bits per heavy atom. The van der Waals surface area contributed by atoms with E-state index in [-0.39, 0.29) is 0 Å². The molecule has 0 aliphatic carbocycles. The first-order valence-corrected chi connectivity index (χ1v) is 6.18. The lowest BCUT2D eigenvalue weighted by Gasteiger charge is -2.21. The average molecular weight is 221 g/mol. The molecule has 0 bridgehead atoms. The summed E-state index contributed by atoms with van der Waals surface area (Å²) in [5.74, 6) is 0. The Morgan fingerprint density at radius 2 is 2.19 bits per heavy atom. The van der Waals surface area contributed by atoms with Crippen LogP contribution < -0.4 is 5.73 Å². The number of hydrogen-bond donors (Lipinski definition) is 1. The molecule has 0 atom stereocenters. The van der Waals surface area contributed by atoms with Crippen LogP contribution in [0, 0.1) is 0 Å². The molecule has 0 aliphatic rings. The van der Waals surface area contributed by atoms with Gasteiger partial charge in [0.2, 0.25) is 0 Å². The quantitative estimate of drug-likeness (QED) is 0.726. The van der Waals surface area contributed by atoms with Gasteiger partial charge in [-0.2, -0.15) is 0 Å². The van der Waals surface area contributed by atoms with E-state index in [1.807, 2.05) is 18.5 Å². The zero-order valence-electron chi connectivity index (χ0n) is 10.2. The summed E-state index contributed by atoms with van der Waals surface area (Å²) in [5.41, 5.74) is 6.92. The van der Waals surface area contributed by atoms with Crippen LogP contribution in [0.4, 0.5) is 0 Å². The van der Waals surface area contributed by atoms with Gasteiger partial charge in [-0.15, -0.1) is 0 Å². The SMILES string of the molecule is CCCCN(CCN)CCc1cccnc1. The predicted octanol–water partition coefficient (Wildman–Crippen LogP) is 1.68. The van der Waals surface area contributed by atoms with E-state index >= 15 is 0 Å². The summed E-state index contributed by atoms with van der Waals surface area (Å²) in [7, 11) is 0. The highest BCUT2D eigenvalue weighted by atomic mass is 15.1. The van der Waals surface area contributed by atoms with Crippen molar-refractivity contribution in [1.82, 2.24) is 9.88 Å². The summed E-state index contributed by atoms with van der Waals surface area (Å²) < 4.78 is 0. The van der Waals surface area contributed by atoms with E-state index in [9.17, 15) is 0 Å². The maximum Gasteiger partial charge on any atom is 0.0300 e. The highest BCUT2D eigenvalue weighted by Crippen LogP contribution is 2.01. The van der Waals surface area contributed by atoms with Crippen LogP contribution in [0.25, 0.3) is 0 Å². The number of unbranched alkanes of at least 4 members (excludes halogenated alkanes) is 1. The molecule has 0 aliphatic heterocycles. The average Bonchev–Trinajstić information content (AvgIpc) is 2.34. The molecule has 1 aromatic heterocycles. The summed E-state index contributed by atoms with van der Waals surface area (Å²) in [6.45, 7) is 6.22. The molecule has 3 heteroatoms. The first-order chi connectivity index (χ1) is 7.86. The minimum atomic E-state index is 0.747. The molecular weight excluding hydrogens is 198 g/mol. The summed E-state index contributed by atoms with van der Waals surface area (Å²) >= 11 is 0. The number of pyridine rings is 1. The smallest absolute Gasteiger partial charge is 0.0300 e. The normalized spacial score (nSPS) is 10.9. The maximum atomic E-state index is 5.62. The number of nitrogens with zero attached hydrogens (tertiary/aromatic N) is 2. The molecule has 1 rings (SSSR count). The molecule has 2 N–H and O–H groups in total. The van der Waals surface area contributed by atoms with Crippen molar-refractivity contribution in [2.75, 3.05) is 26.2 Å². The second-order valence-electron chi connectivity index (χ2n) is 4.10. The zero-order valence-corrected chi connectivity index (χ0v) is 10.2. The van der Waals surface area contributed by atoms with E-state index in [2.05, 4.69) is 22.9 Å². The van der Waals surface area contributed by atoms with Gasteiger partial charge in [0.25, 0.3) is 0 Å². The van der Waals surface area contributed by atoms with Gasteiger partial charge in [0.15, 0.2) is 0 Å².